The van der Waals surface area contributed by atoms with Crippen LogP contribution in [-0.4, -0.2) is 21.0 Å². The summed E-state index contributed by atoms with van der Waals surface area (Å²) in [6.07, 6.45) is 3.38. The van der Waals surface area contributed by atoms with Crippen LogP contribution in [0.25, 0.3) is 22.2 Å². The molecule has 0 aliphatic rings. The fourth-order valence-corrected chi connectivity index (χ4v) is 2.45. The summed E-state index contributed by atoms with van der Waals surface area (Å²) in [5.41, 5.74) is 4.62. The molecule has 0 saturated heterocycles. The maximum Gasteiger partial charge on any atom is 0.307 e. The number of aryl methyl sites for hydroxylation is 1. The fourth-order valence-electron chi connectivity index (χ4n) is 2.45. The molecule has 2 aromatic heterocycles. The number of hydrogen-bond donors (Lipinski definition) is 1. The van der Waals surface area contributed by atoms with E-state index in [1.807, 2.05) is 43.3 Å². The lowest BCUT2D eigenvalue weighted by atomic mass is 9.99. The smallest absolute Gasteiger partial charge is 0.307 e. The van der Waals surface area contributed by atoms with Gasteiger partial charge in [0.2, 0.25) is 0 Å². The Kier molecular flexibility index (Phi) is 3.36. The van der Waals surface area contributed by atoms with E-state index in [-0.39, 0.29) is 6.42 Å². The average Bonchev–Trinajstić information content (AvgIpc) is 2.48. The fraction of sp³-hybridized carbons (Fsp3) is 0.118. The summed E-state index contributed by atoms with van der Waals surface area (Å²) in [6, 6.07) is 11.6. The van der Waals surface area contributed by atoms with E-state index in [0.717, 1.165) is 27.7 Å². The number of carboxylic acids is 1. The van der Waals surface area contributed by atoms with E-state index in [2.05, 4.69) is 9.97 Å². The molecule has 0 saturated carbocycles. The SMILES string of the molecule is Cc1ccc2ncccc2c1-c1ccc(CC(=O)O)cn1. The minimum atomic E-state index is -0.852. The molecule has 0 radical (unpaired) electrons. The third-order valence-corrected chi connectivity index (χ3v) is 3.43. The molecule has 4 nitrogen and oxygen atoms in total. The van der Waals surface area contributed by atoms with Crippen molar-refractivity contribution in [2.75, 3.05) is 0 Å². The lowest BCUT2D eigenvalue weighted by Crippen LogP contribution is -2.00. The third kappa shape index (κ3) is 2.60. The summed E-state index contributed by atoms with van der Waals surface area (Å²) < 4.78 is 0. The van der Waals surface area contributed by atoms with Crippen molar-refractivity contribution >= 4 is 16.9 Å². The van der Waals surface area contributed by atoms with Gasteiger partial charge >= 0.3 is 5.97 Å². The highest BCUT2D eigenvalue weighted by Crippen LogP contribution is 2.29. The van der Waals surface area contributed by atoms with E-state index in [1.54, 1.807) is 12.4 Å². The first-order valence-electron chi connectivity index (χ1n) is 6.66. The van der Waals surface area contributed by atoms with Crippen LogP contribution in [0, 0.1) is 6.92 Å². The number of aliphatic carboxylic acids is 1. The zero-order valence-corrected chi connectivity index (χ0v) is 11.6. The summed E-state index contributed by atoms with van der Waals surface area (Å²) in [6.45, 7) is 2.04. The number of carbonyl (C=O) groups is 1. The van der Waals surface area contributed by atoms with Crippen LogP contribution in [-0.2, 0) is 11.2 Å². The van der Waals surface area contributed by atoms with Gasteiger partial charge in [0.1, 0.15) is 0 Å². The van der Waals surface area contributed by atoms with Crippen molar-refractivity contribution in [1.82, 2.24) is 9.97 Å². The van der Waals surface area contributed by atoms with Gasteiger partial charge in [-0.25, -0.2) is 0 Å². The van der Waals surface area contributed by atoms with Gasteiger partial charge in [0, 0.05) is 23.3 Å². The predicted molar refractivity (Wildman–Crippen MR) is 81.1 cm³/mol. The van der Waals surface area contributed by atoms with E-state index >= 15 is 0 Å². The number of benzene rings is 1. The third-order valence-electron chi connectivity index (χ3n) is 3.43. The molecule has 104 valence electrons. The van der Waals surface area contributed by atoms with Gasteiger partial charge in [-0.1, -0.05) is 18.2 Å². The van der Waals surface area contributed by atoms with Gasteiger partial charge in [0.25, 0.3) is 0 Å². The molecule has 21 heavy (non-hydrogen) atoms. The molecule has 0 fully saturated rings. The van der Waals surface area contributed by atoms with Crippen molar-refractivity contribution < 1.29 is 9.90 Å². The Labute approximate surface area is 122 Å². The van der Waals surface area contributed by atoms with Crippen LogP contribution in [0.1, 0.15) is 11.1 Å². The largest absolute Gasteiger partial charge is 0.481 e. The maximum atomic E-state index is 10.7. The summed E-state index contributed by atoms with van der Waals surface area (Å²) in [5.74, 6) is -0.852. The molecule has 1 N–H and O–H groups in total. The molecule has 1 aromatic carbocycles. The van der Waals surface area contributed by atoms with E-state index in [9.17, 15) is 4.79 Å². The van der Waals surface area contributed by atoms with Crippen molar-refractivity contribution in [2.24, 2.45) is 0 Å². The van der Waals surface area contributed by atoms with Crippen LogP contribution in [0.4, 0.5) is 0 Å². The first-order chi connectivity index (χ1) is 10.1. The summed E-state index contributed by atoms with van der Waals surface area (Å²) >= 11 is 0. The minimum Gasteiger partial charge on any atom is -0.481 e. The molecular formula is C17H14N2O2. The van der Waals surface area contributed by atoms with Crippen molar-refractivity contribution in [3.8, 4) is 11.3 Å². The zero-order valence-electron chi connectivity index (χ0n) is 11.6. The van der Waals surface area contributed by atoms with Crippen molar-refractivity contribution in [1.29, 1.82) is 0 Å². The second-order valence-corrected chi connectivity index (χ2v) is 4.95. The minimum absolute atomic E-state index is 0.0106. The molecule has 0 bridgehead atoms. The number of pyridine rings is 2. The predicted octanol–water partition coefficient (Wildman–Crippen LogP) is 3.23. The molecule has 0 aliphatic heterocycles. The topological polar surface area (TPSA) is 63.1 Å². The Morgan fingerprint density at radius 3 is 2.71 bits per heavy atom. The number of nitrogens with zero attached hydrogens (tertiary/aromatic N) is 2. The Hall–Kier alpha value is -2.75. The van der Waals surface area contributed by atoms with Gasteiger partial charge in [0.05, 0.1) is 17.6 Å². The summed E-state index contributed by atoms with van der Waals surface area (Å²) in [4.78, 5) is 19.5. The quantitative estimate of drug-likeness (QED) is 0.799. The summed E-state index contributed by atoms with van der Waals surface area (Å²) in [7, 11) is 0. The van der Waals surface area contributed by atoms with Gasteiger partial charge in [-0.15, -0.1) is 0 Å². The van der Waals surface area contributed by atoms with E-state index in [4.69, 9.17) is 5.11 Å². The Balaban J connectivity index is 2.11. The number of carboxylic acid groups (broad SMARTS) is 1. The van der Waals surface area contributed by atoms with E-state index in [0.29, 0.717) is 5.56 Å². The van der Waals surface area contributed by atoms with Crippen molar-refractivity contribution in [3.05, 3.63) is 59.9 Å². The van der Waals surface area contributed by atoms with Gasteiger partial charge in [-0.2, -0.15) is 0 Å². The first-order valence-corrected chi connectivity index (χ1v) is 6.66. The lowest BCUT2D eigenvalue weighted by Gasteiger charge is -2.09. The molecule has 0 unspecified atom stereocenters. The highest BCUT2D eigenvalue weighted by molar-refractivity contribution is 5.95. The highest BCUT2D eigenvalue weighted by atomic mass is 16.4. The lowest BCUT2D eigenvalue weighted by molar-refractivity contribution is -0.136. The molecular weight excluding hydrogens is 264 g/mol. The molecule has 0 spiro atoms. The molecule has 3 aromatic rings. The Bertz CT molecular complexity index is 811. The molecule has 0 aliphatic carbocycles. The molecule has 4 heteroatoms. The number of hydrogen-bond acceptors (Lipinski definition) is 3. The average molecular weight is 278 g/mol. The molecule has 0 atom stereocenters. The van der Waals surface area contributed by atoms with Crippen molar-refractivity contribution in [3.63, 3.8) is 0 Å². The maximum absolute atomic E-state index is 10.7. The van der Waals surface area contributed by atoms with Gasteiger partial charge in [-0.3, -0.25) is 14.8 Å². The second kappa shape index (κ2) is 5.32. The van der Waals surface area contributed by atoms with Gasteiger partial charge < -0.3 is 5.11 Å². The Morgan fingerprint density at radius 2 is 2.00 bits per heavy atom. The number of fused-ring (bicyclic) bond motifs is 1. The Morgan fingerprint density at radius 1 is 1.14 bits per heavy atom. The van der Waals surface area contributed by atoms with Crippen LogP contribution >= 0.6 is 0 Å². The second-order valence-electron chi connectivity index (χ2n) is 4.95. The standard InChI is InChI=1S/C17H14N2O2/c1-11-4-6-14-13(3-2-8-18-14)17(11)15-7-5-12(10-19-15)9-16(20)21/h2-8,10H,9H2,1H3,(H,20,21). The van der Waals surface area contributed by atoms with Crippen LogP contribution < -0.4 is 0 Å². The van der Waals surface area contributed by atoms with Crippen molar-refractivity contribution in [2.45, 2.75) is 13.3 Å². The van der Waals surface area contributed by atoms with Crippen LogP contribution in [0.2, 0.25) is 0 Å². The van der Waals surface area contributed by atoms with E-state index < -0.39 is 5.97 Å². The van der Waals surface area contributed by atoms with Gasteiger partial charge in [0.15, 0.2) is 0 Å². The first kappa shape index (κ1) is 13.2. The molecule has 3 rings (SSSR count). The van der Waals surface area contributed by atoms with E-state index in [1.165, 1.54) is 0 Å². The number of aromatic nitrogens is 2. The van der Waals surface area contributed by atoms with Gasteiger partial charge in [-0.05, 0) is 36.2 Å². The monoisotopic (exact) mass is 278 g/mol. The highest BCUT2D eigenvalue weighted by Gasteiger charge is 2.09. The summed E-state index contributed by atoms with van der Waals surface area (Å²) in [5, 5.41) is 9.85. The zero-order chi connectivity index (χ0) is 14.8. The van der Waals surface area contributed by atoms with Crippen LogP contribution in [0.15, 0.2) is 48.8 Å². The molecule has 2 heterocycles. The van der Waals surface area contributed by atoms with Crippen LogP contribution in [0.5, 0.6) is 0 Å². The molecule has 0 amide bonds. The van der Waals surface area contributed by atoms with Crippen LogP contribution in [0.3, 0.4) is 0 Å². The number of rotatable bonds is 3. The normalized spacial score (nSPS) is 10.7.